The molecule has 1 amide bonds. The van der Waals surface area contributed by atoms with Gasteiger partial charge in [0.2, 0.25) is 0 Å². The molecule has 0 aromatic heterocycles. The topological polar surface area (TPSA) is 46.0 Å². The van der Waals surface area contributed by atoms with Gasteiger partial charge in [0.25, 0.3) is 5.91 Å². The van der Waals surface area contributed by atoms with Crippen LogP contribution in [0.2, 0.25) is 0 Å². The third-order valence-electron chi connectivity index (χ3n) is 5.80. The molecule has 1 aliphatic heterocycles. The van der Waals surface area contributed by atoms with Gasteiger partial charge in [-0.25, -0.2) is 0 Å². The number of nitrogens with one attached hydrogen (secondary N) is 2. The van der Waals surface area contributed by atoms with Crippen LogP contribution in [-0.2, 0) is 4.79 Å². The number of rotatable bonds is 7. The molecule has 2 aromatic carbocycles. The molecule has 0 unspecified atom stereocenters. The lowest BCUT2D eigenvalue weighted by atomic mass is 10.0. The van der Waals surface area contributed by atoms with Crippen LogP contribution in [0.4, 0.5) is 5.69 Å². The maximum atomic E-state index is 12.6. The maximum Gasteiger partial charge on any atom is 0.275 e. The van der Waals surface area contributed by atoms with Crippen molar-refractivity contribution < 1.29 is 14.4 Å². The minimum Gasteiger partial charge on any atom is -0.492 e. The SMILES string of the molecule is CCOc1ccccc1N1CC[NH+](CC(=O)N[C@H](C)c2ccc(C)c(C)c2)CC1. The molecule has 1 atom stereocenters. The van der Waals surface area contributed by atoms with Crippen LogP contribution in [0.5, 0.6) is 5.75 Å². The van der Waals surface area contributed by atoms with Gasteiger partial charge >= 0.3 is 0 Å². The Labute approximate surface area is 174 Å². The van der Waals surface area contributed by atoms with Gasteiger partial charge in [-0.3, -0.25) is 4.79 Å². The quantitative estimate of drug-likeness (QED) is 0.755. The van der Waals surface area contributed by atoms with E-state index < -0.39 is 0 Å². The molecule has 1 heterocycles. The first-order chi connectivity index (χ1) is 14.0. The Hall–Kier alpha value is -2.53. The summed E-state index contributed by atoms with van der Waals surface area (Å²) >= 11 is 0. The monoisotopic (exact) mass is 396 g/mol. The van der Waals surface area contributed by atoms with Crippen LogP contribution in [0.3, 0.4) is 0 Å². The van der Waals surface area contributed by atoms with Crippen molar-refractivity contribution >= 4 is 11.6 Å². The van der Waals surface area contributed by atoms with E-state index in [0.717, 1.165) is 43.2 Å². The zero-order chi connectivity index (χ0) is 20.8. The van der Waals surface area contributed by atoms with Crippen LogP contribution in [-0.4, -0.2) is 45.2 Å². The molecule has 0 saturated carbocycles. The number of hydrogen-bond donors (Lipinski definition) is 2. The molecule has 2 N–H and O–H groups in total. The Morgan fingerprint density at radius 1 is 1.14 bits per heavy atom. The molecule has 5 nitrogen and oxygen atoms in total. The minimum atomic E-state index is 0.0283. The number of amides is 1. The third-order valence-corrected chi connectivity index (χ3v) is 5.80. The number of ether oxygens (including phenoxy) is 1. The van der Waals surface area contributed by atoms with Crippen LogP contribution in [0.1, 0.15) is 36.6 Å². The highest BCUT2D eigenvalue weighted by molar-refractivity contribution is 5.77. The number of quaternary nitrogens is 1. The molecule has 1 aliphatic rings. The van der Waals surface area contributed by atoms with Crippen LogP contribution in [0.25, 0.3) is 0 Å². The van der Waals surface area contributed by atoms with Gasteiger partial charge in [-0.1, -0.05) is 30.3 Å². The normalized spacial score (nSPS) is 15.8. The fraction of sp³-hybridized carbons (Fsp3) is 0.458. The van der Waals surface area contributed by atoms with Crippen LogP contribution < -0.4 is 19.9 Å². The molecule has 0 spiro atoms. The Morgan fingerprint density at radius 3 is 2.55 bits per heavy atom. The molecule has 3 rings (SSSR count). The van der Waals surface area contributed by atoms with Gasteiger partial charge in [-0.2, -0.15) is 0 Å². The van der Waals surface area contributed by atoms with E-state index in [1.807, 2.05) is 19.1 Å². The number of carbonyl (C=O) groups is 1. The fourth-order valence-electron chi connectivity index (χ4n) is 3.87. The zero-order valence-corrected chi connectivity index (χ0v) is 18.1. The lowest BCUT2D eigenvalue weighted by Gasteiger charge is -2.34. The Kier molecular flexibility index (Phi) is 7.15. The largest absolute Gasteiger partial charge is 0.492 e. The van der Waals surface area contributed by atoms with E-state index in [1.54, 1.807) is 0 Å². The van der Waals surface area contributed by atoms with E-state index in [9.17, 15) is 4.79 Å². The van der Waals surface area contributed by atoms with E-state index in [-0.39, 0.29) is 11.9 Å². The van der Waals surface area contributed by atoms with Gasteiger partial charge < -0.3 is 19.9 Å². The van der Waals surface area contributed by atoms with E-state index in [0.29, 0.717) is 13.2 Å². The van der Waals surface area contributed by atoms with Gasteiger partial charge in [0.1, 0.15) is 5.75 Å². The molecular formula is C24H34N3O2+. The van der Waals surface area contributed by atoms with Crippen LogP contribution in [0, 0.1) is 13.8 Å². The summed E-state index contributed by atoms with van der Waals surface area (Å²) < 4.78 is 5.77. The van der Waals surface area contributed by atoms with E-state index in [4.69, 9.17) is 4.74 Å². The van der Waals surface area contributed by atoms with E-state index >= 15 is 0 Å². The number of hydrogen-bond acceptors (Lipinski definition) is 3. The van der Waals surface area contributed by atoms with Crippen molar-refractivity contribution in [3.8, 4) is 5.75 Å². The summed E-state index contributed by atoms with van der Waals surface area (Å²) in [4.78, 5) is 16.3. The smallest absolute Gasteiger partial charge is 0.275 e. The number of aryl methyl sites for hydroxylation is 2. The molecule has 156 valence electrons. The van der Waals surface area contributed by atoms with Crippen molar-refractivity contribution in [2.75, 3.05) is 44.2 Å². The molecule has 1 saturated heterocycles. The van der Waals surface area contributed by atoms with Crippen LogP contribution >= 0.6 is 0 Å². The van der Waals surface area contributed by atoms with Crippen molar-refractivity contribution in [1.82, 2.24) is 5.32 Å². The Bertz CT molecular complexity index is 829. The number of para-hydroxylation sites is 2. The van der Waals surface area contributed by atoms with Crippen LogP contribution in [0.15, 0.2) is 42.5 Å². The van der Waals surface area contributed by atoms with Crippen molar-refractivity contribution in [2.24, 2.45) is 0 Å². The number of nitrogens with zero attached hydrogens (tertiary/aromatic N) is 1. The summed E-state index contributed by atoms with van der Waals surface area (Å²) in [5.41, 5.74) is 4.85. The van der Waals surface area contributed by atoms with Gasteiger partial charge in [-0.15, -0.1) is 0 Å². The third kappa shape index (κ3) is 5.51. The summed E-state index contributed by atoms with van der Waals surface area (Å²) in [5.74, 6) is 1.06. The summed E-state index contributed by atoms with van der Waals surface area (Å²) in [7, 11) is 0. The van der Waals surface area contributed by atoms with Gasteiger partial charge in [0, 0.05) is 0 Å². The molecule has 2 aromatic rings. The van der Waals surface area contributed by atoms with Crippen molar-refractivity contribution in [3.05, 3.63) is 59.2 Å². The fourth-order valence-corrected chi connectivity index (χ4v) is 3.87. The average Bonchev–Trinajstić information content (AvgIpc) is 2.71. The second-order valence-electron chi connectivity index (χ2n) is 7.95. The molecule has 0 bridgehead atoms. The van der Waals surface area contributed by atoms with Gasteiger partial charge in [-0.05, 0) is 56.5 Å². The molecule has 1 fully saturated rings. The standard InChI is InChI=1S/C24H33N3O2/c1-5-29-23-9-7-6-8-22(23)27-14-12-26(13-15-27)17-24(28)25-20(4)21-11-10-18(2)19(3)16-21/h6-11,16,20H,5,12-15,17H2,1-4H3,(H,25,28)/p+1/t20-/m1/s1. The predicted molar refractivity (Wildman–Crippen MR) is 118 cm³/mol. The first-order valence-corrected chi connectivity index (χ1v) is 10.6. The Morgan fingerprint density at radius 2 is 1.86 bits per heavy atom. The second kappa shape index (κ2) is 9.79. The molecule has 0 aliphatic carbocycles. The highest BCUT2D eigenvalue weighted by Gasteiger charge is 2.24. The summed E-state index contributed by atoms with van der Waals surface area (Å²) in [6.07, 6.45) is 0. The lowest BCUT2D eigenvalue weighted by molar-refractivity contribution is -0.892. The summed E-state index contributed by atoms with van der Waals surface area (Å²) in [6, 6.07) is 14.6. The van der Waals surface area contributed by atoms with Gasteiger partial charge in [0.05, 0.1) is 44.5 Å². The first kappa shape index (κ1) is 21.2. The molecule has 29 heavy (non-hydrogen) atoms. The van der Waals surface area contributed by atoms with Crippen molar-refractivity contribution in [2.45, 2.75) is 33.7 Å². The van der Waals surface area contributed by atoms with Gasteiger partial charge in [0.15, 0.2) is 6.54 Å². The highest BCUT2D eigenvalue weighted by Crippen LogP contribution is 2.27. The summed E-state index contributed by atoms with van der Waals surface area (Å²) in [5, 5.41) is 3.17. The summed E-state index contributed by atoms with van der Waals surface area (Å²) in [6.45, 7) is 13.2. The first-order valence-electron chi connectivity index (χ1n) is 10.6. The second-order valence-corrected chi connectivity index (χ2v) is 7.95. The highest BCUT2D eigenvalue weighted by atomic mass is 16.5. The number of anilines is 1. The minimum absolute atomic E-state index is 0.0283. The molecule has 0 radical (unpaired) electrons. The molecule has 5 heteroatoms. The van der Waals surface area contributed by atoms with Crippen molar-refractivity contribution in [3.63, 3.8) is 0 Å². The Balaban J connectivity index is 1.50. The average molecular weight is 397 g/mol. The number of carbonyl (C=O) groups excluding carboxylic acids is 1. The van der Waals surface area contributed by atoms with Crippen molar-refractivity contribution in [1.29, 1.82) is 0 Å². The predicted octanol–water partition coefficient (Wildman–Crippen LogP) is 2.28. The number of piperazine rings is 1. The maximum absolute atomic E-state index is 12.6. The lowest BCUT2D eigenvalue weighted by Crippen LogP contribution is -3.15. The molecular weight excluding hydrogens is 362 g/mol. The van der Waals surface area contributed by atoms with E-state index in [1.165, 1.54) is 16.0 Å². The zero-order valence-electron chi connectivity index (χ0n) is 18.1. The number of benzene rings is 2. The van der Waals surface area contributed by atoms with E-state index in [2.05, 4.69) is 61.3 Å².